The van der Waals surface area contributed by atoms with Crippen molar-refractivity contribution in [2.24, 2.45) is 0 Å². The number of aromatic amines is 1. The normalized spacial score (nSPS) is 16.1. The van der Waals surface area contributed by atoms with Gasteiger partial charge < -0.3 is 14.4 Å². The summed E-state index contributed by atoms with van der Waals surface area (Å²) in [6, 6.07) is 11.0. The first kappa shape index (κ1) is 26.7. The highest BCUT2D eigenvalue weighted by Crippen LogP contribution is 2.36. The summed E-state index contributed by atoms with van der Waals surface area (Å²) in [7, 11) is 0. The zero-order valence-corrected chi connectivity index (χ0v) is 24.4. The first-order valence-corrected chi connectivity index (χ1v) is 14.5. The van der Waals surface area contributed by atoms with E-state index in [9.17, 15) is 0 Å². The zero-order valence-electron chi connectivity index (χ0n) is 24.4. The minimum atomic E-state index is 0.485. The number of nitrogens with zero attached hydrogens (tertiary/aromatic N) is 5. The Balaban J connectivity index is 1.38. The summed E-state index contributed by atoms with van der Waals surface area (Å²) in [4.78, 5) is 15.2. The molecule has 0 spiro atoms. The van der Waals surface area contributed by atoms with Gasteiger partial charge in [-0.3, -0.25) is 10.00 Å². The highest BCUT2D eigenvalue weighted by Gasteiger charge is 2.27. The summed E-state index contributed by atoms with van der Waals surface area (Å²) in [5.74, 6) is 1.91. The van der Waals surface area contributed by atoms with Crippen LogP contribution in [0.2, 0.25) is 0 Å². The molecule has 8 heteroatoms. The molecule has 8 nitrogen and oxygen atoms in total. The molecule has 2 aliphatic heterocycles. The van der Waals surface area contributed by atoms with Crippen LogP contribution < -0.4 is 9.64 Å². The number of anilines is 1. The molecule has 2 aromatic carbocycles. The molecular weight excluding hydrogens is 500 g/mol. The standard InChI is InChI=1S/C32H40N6O2/c1-20(2)24-8-6-21(3)28(18-24)38-11-10-26-25(19-38)32(40-17-14-37-12-15-39-16-13-37)34-31(33-26)29-22(4)7-9-27-30(29)23(5)35-36-27/h6-9,18,20H,10-17,19H2,1-5H3,(H,35,36). The molecule has 4 aromatic rings. The smallest absolute Gasteiger partial charge is 0.222 e. The van der Waals surface area contributed by atoms with E-state index in [2.05, 4.69) is 78.0 Å². The van der Waals surface area contributed by atoms with Gasteiger partial charge in [-0.25, -0.2) is 4.98 Å². The molecule has 1 N–H and O–H groups in total. The van der Waals surface area contributed by atoms with Crippen molar-refractivity contribution in [1.82, 2.24) is 25.1 Å². The molecule has 0 radical (unpaired) electrons. The van der Waals surface area contributed by atoms with Gasteiger partial charge in [0.25, 0.3) is 0 Å². The van der Waals surface area contributed by atoms with Gasteiger partial charge in [-0.1, -0.05) is 32.0 Å². The van der Waals surface area contributed by atoms with Crippen LogP contribution in [0.3, 0.4) is 0 Å². The van der Waals surface area contributed by atoms with Crippen molar-refractivity contribution in [1.29, 1.82) is 0 Å². The number of H-pyrrole nitrogens is 1. The van der Waals surface area contributed by atoms with Gasteiger partial charge in [-0.15, -0.1) is 0 Å². The Morgan fingerprint density at radius 3 is 2.60 bits per heavy atom. The predicted molar refractivity (Wildman–Crippen MR) is 159 cm³/mol. The van der Waals surface area contributed by atoms with E-state index in [0.717, 1.165) is 97.2 Å². The number of rotatable bonds is 7. The number of aryl methyl sites for hydroxylation is 3. The van der Waals surface area contributed by atoms with Crippen molar-refractivity contribution in [3.05, 3.63) is 64.0 Å². The number of nitrogens with one attached hydrogen (secondary N) is 1. The molecule has 0 atom stereocenters. The monoisotopic (exact) mass is 540 g/mol. The molecule has 4 heterocycles. The molecule has 2 aromatic heterocycles. The van der Waals surface area contributed by atoms with Gasteiger partial charge in [-0.2, -0.15) is 10.1 Å². The van der Waals surface area contributed by atoms with Crippen LogP contribution in [0.4, 0.5) is 5.69 Å². The quantitative estimate of drug-likeness (QED) is 0.339. The van der Waals surface area contributed by atoms with E-state index in [4.69, 9.17) is 19.4 Å². The summed E-state index contributed by atoms with van der Waals surface area (Å²) in [5, 5.41) is 8.71. The summed E-state index contributed by atoms with van der Waals surface area (Å²) >= 11 is 0. The Morgan fingerprint density at radius 1 is 1.00 bits per heavy atom. The number of hydrogen-bond acceptors (Lipinski definition) is 7. The lowest BCUT2D eigenvalue weighted by atomic mass is 9.98. The number of ether oxygens (including phenoxy) is 2. The number of morpholine rings is 1. The molecule has 0 saturated carbocycles. The van der Waals surface area contributed by atoms with Crippen LogP contribution in [0.25, 0.3) is 22.3 Å². The first-order chi connectivity index (χ1) is 19.4. The highest BCUT2D eigenvalue weighted by atomic mass is 16.5. The van der Waals surface area contributed by atoms with E-state index in [1.54, 1.807) is 0 Å². The minimum Gasteiger partial charge on any atom is -0.476 e. The average molecular weight is 541 g/mol. The molecule has 0 unspecified atom stereocenters. The zero-order chi connectivity index (χ0) is 27.8. The van der Waals surface area contributed by atoms with E-state index in [-0.39, 0.29) is 0 Å². The van der Waals surface area contributed by atoms with Crippen molar-refractivity contribution < 1.29 is 9.47 Å². The van der Waals surface area contributed by atoms with E-state index >= 15 is 0 Å². The van der Waals surface area contributed by atoms with Crippen LogP contribution >= 0.6 is 0 Å². The second-order valence-electron chi connectivity index (χ2n) is 11.4. The molecule has 40 heavy (non-hydrogen) atoms. The molecule has 1 fully saturated rings. The number of hydrogen-bond donors (Lipinski definition) is 1. The third kappa shape index (κ3) is 5.18. The minimum absolute atomic E-state index is 0.485. The number of aromatic nitrogens is 4. The van der Waals surface area contributed by atoms with Gasteiger partial charge in [0, 0.05) is 49.2 Å². The Bertz CT molecular complexity index is 1520. The highest BCUT2D eigenvalue weighted by molar-refractivity contribution is 5.96. The van der Waals surface area contributed by atoms with Gasteiger partial charge in [0.15, 0.2) is 5.82 Å². The lowest BCUT2D eigenvalue weighted by Gasteiger charge is -2.33. The first-order valence-electron chi connectivity index (χ1n) is 14.5. The molecule has 210 valence electrons. The molecule has 0 amide bonds. The Morgan fingerprint density at radius 2 is 1.80 bits per heavy atom. The third-order valence-electron chi connectivity index (χ3n) is 8.36. The Hall–Kier alpha value is -3.49. The summed E-state index contributed by atoms with van der Waals surface area (Å²) < 4.78 is 12.0. The topological polar surface area (TPSA) is 79.4 Å². The predicted octanol–water partition coefficient (Wildman–Crippen LogP) is 5.34. The van der Waals surface area contributed by atoms with Crippen LogP contribution in [0.15, 0.2) is 30.3 Å². The maximum absolute atomic E-state index is 6.53. The summed E-state index contributed by atoms with van der Waals surface area (Å²) in [6.07, 6.45) is 0.843. The van der Waals surface area contributed by atoms with Crippen LogP contribution in [-0.2, 0) is 17.7 Å². The fraction of sp³-hybridized carbons (Fsp3) is 0.469. The molecule has 2 aliphatic rings. The van der Waals surface area contributed by atoms with Crippen LogP contribution in [0, 0.1) is 20.8 Å². The Kier molecular flexibility index (Phi) is 7.47. The maximum atomic E-state index is 6.53. The largest absolute Gasteiger partial charge is 0.476 e. The van der Waals surface area contributed by atoms with Crippen molar-refractivity contribution in [3.8, 4) is 17.3 Å². The van der Waals surface area contributed by atoms with Crippen molar-refractivity contribution in [2.75, 3.05) is 50.9 Å². The maximum Gasteiger partial charge on any atom is 0.222 e. The molecule has 6 rings (SSSR count). The number of fused-ring (bicyclic) bond motifs is 2. The summed E-state index contributed by atoms with van der Waals surface area (Å²) in [6.45, 7) is 17.4. The lowest BCUT2D eigenvalue weighted by Crippen LogP contribution is -2.39. The lowest BCUT2D eigenvalue weighted by molar-refractivity contribution is 0.0319. The average Bonchev–Trinajstić information content (AvgIpc) is 3.33. The van der Waals surface area contributed by atoms with Crippen LogP contribution in [-0.4, -0.2) is 71.1 Å². The van der Waals surface area contributed by atoms with Crippen molar-refractivity contribution >= 4 is 16.6 Å². The fourth-order valence-corrected chi connectivity index (χ4v) is 5.91. The van der Waals surface area contributed by atoms with Gasteiger partial charge >= 0.3 is 0 Å². The van der Waals surface area contributed by atoms with E-state index in [1.165, 1.54) is 16.8 Å². The van der Waals surface area contributed by atoms with Crippen LogP contribution in [0.1, 0.15) is 53.4 Å². The Labute approximate surface area is 236 Å². The molecule has 0 aliphatic carbocycles. The van der Waals surface area contributed by atoms with Gasteiger partial charge in [-0.05, 0) is 55.5 Å². The number of benzene rings is 2. The second kappa shape index (κ2) is 11.2. The second-order valence-corrected chi connectivity index (χ2v) is 11.4. The van der Waals surface area contributed by atoms with Crippen molar-refractivity contribution in [2.45, 2.75) is 53.5 Å². The van der Waals surface area contributed by atoms with E-state index in [1.807, 2.05) is 6.92 Å². The molecule has 1 saturated heterocycles. The third-order valence-corrected chi connectivity index (χ3v) is 8.36. The van der Waals surface area contributed by atoms with Gasteiger partial charge in [0.1, 0.15) is 6.61 Å². The van der Waals surface area contributed by atoms with Gasteiger partial charge in [0.05, 0.1) is 42.2 Å². The van der Waals surface area contributed by atoms with Crippen molar-refractivity contribution in [3.63, 3.8) is 0 Å². The van der Waals surface area contributed by atoms with Crippen LogP contribution in [0.5, 0.6) is 5.88 Å². The molecular formula is C32H40N6O2. The fourth-order valence-electron chi connectivity index (χ4n) is 5.91. The SMILES string of the molecule is Cc1ccc(C(C)C)cc1N1CCc2nc(-c3c(C)ccc4[nH]nc(C)c34)nc(OCCN3CCOCC3)c2C1. The van der Waals surface area contributed by atoms with E-state index < -0.39 is 0 Å². The summed E-state index contributed by atoms with van der Waals surface area (Å²) in [5.41, 5.74) is 10.2. The van der Waals surface area contributed by atoms with E-state index in [0.29, 0.717) is 18.4 Å². The molecule has 0 bridgehead atoms. The van der Waals surface area contributed by atoms with Gasteiger partial charge in [0.2, 0.25) is 5.88 Å².